The second-order valence-electron chi connectivity index (χ2n) is 5.44. The zero-order chi connectivity index (χ0) is 18.7. The van der Waals surface area contributed by atoms with Crippen LogP contribution in [0.4, 0.5) is 5.00 Å². The van der Waals surface area contributed by atoms with Crippen molar-refractivity contribution in [3.05, 3.63) is 69.3 Å². The number of aromatic nitrogens is 1. The highest BCUT2D eigenvalue weighted by atomic mass is 79.9. The van der Waals surface area contributed by atoms with Gasteiger partial charge in [0.1, 0.15) is 10.6 Å². The van der Waals surface area contributed by atoms with E-state index in [-0.39, 0.29) is 5.91 Å². The number of carbonyl (C=O) groups is 2. The van der Waals surface area contributed by atoms with Crippen LogP contribution < -0.4 is 5.32 Å². The average molecular weight is 431 g/mol. The lowest BCUT2D eigenvalue weighted by molar-refractivity contribution is 0.0603. The van der Waals surface area contributed by atoms with Crippen LogP contribution in [0.2, 0.25) is 0 Å². The van der Waals surface area contributed by atoms with E-state index in [1.165, 1.54) is 24.6 Å². The summed E-state index contributed by atoms with van der Waals surface area (Å²) in [6.45, 7) is 1.91. The van der Waals surface area contributed by atoms with Crippen molar-refractivity contribution in [2.24, 2.45) is 0 Å². The Morgan fingerprint density at radius 2 is 1.92 bits per heavy atom. The fourth-order valence-corrected chi connectivity index (χ4v) is 4.02. The summed E-state index contributed by atoms with van der Waals surface area (Å²) >= 11 is 4.64. The van der Waals surface area contributed by atoms with Crippen LogP contribution >= 0.6 is 27.3 Å². The maximum Gasteiger partial charge on any atom is 0.341 e. The maximum atomic E-state index is 12.6. The number of thiophene rings is 1. The summed E-state index contributed by atoms with van der Waals surface area (Å²) in [6.07, 6.45) is 3.07. The number of hydrogen-bond donors (Lipinski definition) is 1. The molecule has 0 unspecified atom stereocenters. The number of esters is 1. The van der Waals surface area contributed by atoms with Gasteiger partial charge in [-0.1, -0.05) is 30.3 Å². The number of aryl methyl sites for hydroxylation is 1. The quantitative estimate of drug-likeness (QED) is 0.596. The van der Waals surface area contributed by atoms with Crippen LogP contribution in [0.15, 0.2) is 53.3 Å². The number of amides is 1. The summed E-state index contributed by atoms with van der Waals surface area (Å²) in [6, 6.07) is 11.2. The van der Waals surface area contributed by atoms with Crippen LogP contribution in [0.3, 0.4) is 0 Å². The molecule has 0 aliphatic rings. The minimum absolute atomic E-state index is 0.343. The number of anilines is 1. The van der Waals surface area contributed by atoms with Gasteiger partial charge in [-0.05, 0) is 34.5 Å². The fourth-order valence-electron chi connectivity index (χ4n) is 2.59. The Labute approximate surface area is 163 Å². The summed E-state index contributed by atoms with van der Waals surface area (Å²) in [7, 11) is 1.33. The maximum absolute atomic E-state index is 12.6. The molecule has 0 atom stereocenters. The number of benzene rings is 1. The van der Waals surface area contributed by atoms with E-state index in [4.69, 9.17) is 4.74 Å². The molecular formula is C19H15BrN2O3S. The summed E-state index contributed by atoms with van der Waals surface area (Å²) in [5, 5.41) is 3.27. The first-order chi connectivity index (χ1) is 12.5. The summed E-state index contributed by atoms with van der Waals surface area (Å²) in [5.74, 6) is -0.833. The minimum atomic E-state index is -0.490. The average Bonchev–Trinajstić information content (AvgIpc) is 2.97. The van der Waals surface area contributed by atoms with Gasteiger partial charge in [-0.2, -0.15) is 0 Å². The van der Waals surface area contributed by atoms with Crippen molar-refractivity contribution in [1.29, 1.82) is 0 Å². The molecule has 0 radical (unpaired) electrons. The van der Waals surface area contributed by atoms with Crippen LogP contribution in [-0.4, -0.2) is 24.0 Å². The normalized spacial score (nSPS) is 10.4. The predicted octanol–water partition coefficient (Wildman–Crippen LogP) is 4.92. The van der Waals surface area contributed by atoms with Gasteiger partial charge in [0.2, 0.25) is 0 Å². The molecule has 1 amide bonds. The van der Waals surface area contributed by atoms with E-state index in [1.807, 2.05) is 37.3 Å². The molecule has 1 N–H and O–H groups in total. The Bertz CT molecular complexity index is 970. The molecule has 0 aliphatic heterocycles. The Morgan fingerprint density at radius 3 is 2.58 bits per heavy atom. The van der Waals surface area contributed by atoms with Crippen LogP contribution in [-0.2, 0) is 4.74 Å². The number of halogens is 1. The molecule has 26 heavy (non-hydrogen) atoms. The van der Waals surface area contributed by atoms with Gasteiger partial charge < -0.3 is 10.1 Å². The van der Waals surface area contributed by atoms with Crippen molar-refractivity contribution >= 4 is 44.1 Å². The van der Waals surface area contributed by atoms with Crippen LogP contribution in [0, 0.1) is 6.92 Å². The first-order valence-electron chi connectivity index (χ1n) is 7.70. The number of nitrogens with one attached hydrogen (secondary N) is 1. The van der Waals surface area contributed by atoms with E-state index >= 15 is 0 Å². The third kappa shape index (κ3) is 3.68. The summed E-state index contributed by atoms with van der Waals surface area (Å²) < 4.78 is 5.66. The molecule has 0 saturated carbocycles. The van der Waals surface area contributed by atoms with Gasteiger partial charge in [-0.3, -0.25) is 9.78 Å². The second kappa shape index (κ2) is 7.80. The number of nitrogens with zero attached hydrogens (tertiary/aromatic N) is 1. The molecule has 2 aromatic heterocycles. The lowest BCUT2D eigenvalue weighted by atomic mass is 10.0. The Morgan fingerprint density at radius 1 is 1.19 bits per heavy atom. The van der Waals surface area contributed by atoms with E-state index in [2.05, 4.69) is 26.2 Å². The topological polar surface area (TPSA) is 68.3 Å². The van der Waals surface area contributed by atoms with E-state index in [1.54, 1.807) is 12.3 Å². The number of pyridine rings is 1. The van der Waals surface area contributed by atoms with Gasteiger partial charge in [-0.15, -0.1) is 11.3 Å². The molecule has 3 aromatic rings. The number of hydrogen-bond acceptors (Lipinski definition) is 5. The van der Waals surface area contributed by atoms with Gasteiger partial charge in [-0.25, -0.2) is 4.79 Å². The van der Waals surface area contributed by atoms with Crippen LogP contribution in [0.5, 0.6) is 0 Å². The molecule has 7 heteroatoms. The first-order valence-corrected chi connectivity index (χ1v) is 9.31. The lowest BCUT2D eigenvalue weighted by Gasteiger charge is -2.08. The molecule has 132 valence electrons. The highest BCUT2D eigenvalue weighted by molar-refractivity contribution is 9.10. The van der Waals surface area contributed by atoms with Gasteiger partial charge >= 0.3 is 5.97 Å². The number of methoxy groups -OCH3 is 1. The van der Waals surface area contributed by atoms with Crippen LogP contribution in [0.25, 0.3) is 11.1 Å². The largest absolute Gasteiger partial charge is 0.465 e. The van der Waals surface area contributed by atoms with Crippen molar-refractivity contribution in [2.45, 2.75) is 6.92 Å². The highest BCUT2D eigenvalue weighted by Crippen LogP contribution is 2.40. The van der Waals surface area contributed by atoms with E-state index < -0.39 is 5.97 Å². The van der Waals surface area contributed by atoms with Crippen molar-refractivity contribution in [3.63, 3.8) is 0 Å². The molecular weight excluding hydrogens is 416 g/mol. The van der Waals surface area contributed by atoms with Crippen molar-refractivity contribution < 1.29 is 14.3 Å². The van der Waals surface area contributed by atoms with Gasteiger partial charge in [0.05, 0.1) is 12.7 Å². The molecule has 1 aromatic carbocycles. The standard InChI is InChI=1S/C19H15BrN2O3S/c1-11-15(12-6-4-3-5-7-12)16(19(24)25-2)18(26-11)22-17(23)13-8-14(20)10-21-9-13/h3-10H,1-2H3,(H,22,23). The monoisotopic (exact) mass is 430 g/mol. The molecule has 0 bridgehead atoms. The van der Waals surface area contributed by atoms with E-state index in [0.717, 1.165) is 16.0 Å². The van der Waals surface area contributed by atoms with Crippen molar-refractivity contribution in [1.82, 2.24) is 4.98 Å². The number of rotatable bonds is 4. The third-order valence-electron chi connectivity index (χ3n) is 3.73. The Balaban J connectivity index is 2.05. The molecule has 3 rings (SSSR count). The lowest BCUT2D eigenvalue weighted by Crippen LogP contribution is -2.14. The summed E-state index contributed by atoms with van der Waals surface area (Å²) in [4.78, 5) is 29.9. The van der Waals surface area contributed by atoms with E-state index in [0.29, 0.717) is 20.6 Å². The van der Waals surface area contributed by atoms with Gasteiger partial charge in [0.25, 0.3) is 5.91 Å². The van der Waals surface area contributed by atoms with E-state index in [9.17, 15) is 9.59 Å². The Hall–Kier alpha value is -2.51. The van der Waals surface area contributed by atoms with Gasteiger partial charge in [0, 0.05) is 27.3 Å². The van der Waals surface area contributed by atoms with Crippen LogP contribution in [0.1, 0.15) is 25.6 Å². The third-order valence-corrected chi connectivity index (χ3v) is 5.18. The molecule has 0 fully saturated rings. The van der Waals surface area contributed by atoms with Gasteiger partial charge in [0.15, 0.2) is 0 Å². The predicted molar refractivity (Wildman–Crippen MR) is 106 cm³/mol. The zero-order valence-corrected chi connectivity index (χ0v) is 16.5. The first kappa shape index (κ1) is 18.3. The Kier molecular flexibility index (Phi) is 5.49. The highest BCUT2D eigenvalue weighted by Gasteiger charge is 2.25. The molecule has 5 nitrogen and oxygen atoms in total. The van der Waals surface area contributed by atoms with Crippen molar-refractivity contribution in [3.8, 4) is 11.1 Å². The molecule has 0 spiro atoms. The smallest absolute Gasteiger partial charge is 0.341 e. The summed E-state index contributed by atoms with van der Waals surface area (Å²) in [5.41, 5.74) is 2.41. The van der Waals surface area contributed by atoms with Crippen molar-refractivity contribution in [2.75, 3.05) is 12.4 Å². The molecule has 0 aliphatic carbocycles. The molecule has 2 heterocycles. The minimum Gasteiger partial charge on any atom is -0.465 e. The number of carbonyl (C=O) groups excluding carboxylic acids is 2. The fraction of sp³-hybridized carbons (Fsp3) is 0.105. The molecule has 0 saturated heterocycles. The zero-order valence-electron chi connectivity index (χ0n) is 14.1. The second-order valence-corrected chi connectivity index (χ2v) is 7.58. The number of ether oxygens (including phenoxy) is 1. The SMILES string of the molecule is COC(=O)c1c(NC(=O)c2cncc(Br)c2)sc(C)c1-c1ccccc1.